The number of hydrogen-bond donors (Lipinski definition) is 3. The average molecular weight is 523 g/mol. The zero-order valence-electron chi connectivity index (χ0n) is 21.9. The molecule has 39 heavy (non-hydrogen) atoms. The fourth-order valence-corrected chi connectivity index (χ4v) is 4.77. The van der Waals surface area contributed by atoms with E-state index in [0.29, 0.717) is 34.0 Å². The third kappa shape index (κ3) is 6.04. The SMILES string of the molecule is COc1ccc(-c2ccc(Oc3ccc4c(c3)CCCC4)c(NC(=O)Nc3ccc(C)cc3)c2)cc1C(=O)O. The van der Waals surface area contributed by atoms with E-state index in [0.717, 1.165) is 24.8 Å². The molecule has 7 heteroatoms. The number of aryl methyl sites for hydroxylation is 3. The molecular formula is C32H30N2O5. The van der Waals surface area contributed by atoms with Crippen molar-refractivity contribution in [2.45, 2.75) is 32.6 Å². The summed E-state index contributed by atoms with van der Waals surface area (Å²) >= 11 is 0. The van der Waals surface area contributed by atoms with Crippen LogP contribution in [-0.4, -0.2) is 24.2 Å². The van der Waals surface area contributed by atoms with Crippen LogP contribution in [0.25, 0.3) is 11.1 Å². The number of anilines is 2. The number of fused-ring (bicyclic) bond motifs is 1. The van der Waals surface area contributed by atoms with Crippen LogP contribution in [0, 0.1) is 6.92 Å². The smallest absolute Gasteiger partial charge is 0.339 e. The van der Waals surface area contributed by atoms with Crippen LogP contribution in [0.2, 0.25) is 0 Å². The summed E-state index contributed by atoms with van der Waals surface area (Å²) in [7, 11) is 1.43. The predicted molar refractivity (Wildman–Crippen MR) is 152 cm³/mol. The molecular weight excluding hydrogens is 492 g/mol. The minimum absolute atomic E-state index is 0.0519. The molecule has 7 nitrogen and oxygen atoms in total. The van der Waals surface area contributed by atoms with Gasteiger partial charge in [0, 0.05) is 5.69 Å². The van der Waals surface area contributed by atoms with Gasteiger partial charge in [-0.1, -0.05) is 35.9 Å². The van der Waals surface area contributed by atoms with Gasteiger partial charge in [-0.3, -0.25) is 0 Å². The van der Waals surface area contributed by atoms with Gasteiger partial charge in [-0.15, -0.1) is 0 Å². The summed E-state index contributed by atoms with van der Waals surface area (Å²) in [6.07, 6.45) is 4.47. The average Bonchev–Trinajstić information content (AvgIpc) is 2.94. The van der Waals surface area contributed by atoms with Gasteiger partial charge >= 0.3 is 12.0 Å². The molecule has 0 radical (unpaired) electrons. The molecule has 5 rings (SSSR count). The van der Waals surface area contributed by atoms with Crippen molar-refractivity contribution in [3.63, 3.8) is 0 Å². The molecule has 0 bridgehead atoms. The van der Waals surface area contributed by atoms with E-state index in [9.17, 15) is 14.7 Å². The maximum absolute atomic E-state index is 13.0. The summed E-state index contributed by atoms with van der Waals surface area (Å²) in [5, 5.41) is 15.4. The Hall–Kier alpha value is -4.78. The van der Waals surface area contributed by atoms with E-state index in [1.165, 1.54) is 24.7 Å². The van der Waals surface area contributed by atoms with E-state index in [2.05, 4.69) is 22.8 Å². The van der Waals surface area contributed by atoms with Crippen molar-refractivity contribution in [1.82, 2.24) is 0 Å². The fourth-order valence-electron chi connectivity index (χ4n) is 4.77. The van der Waals surface area contributed by atoms with Crippen molar-refractivity contribution in [1.29, 1.82) is 0 Å². The molecule has 0 unspecified atom stereocenters. The largest absolute Gasteiger partial charge is 0.496 e. The second-order valence-electron chi connectivity index (χ2n) is 9.62. The number of urea groups is 1. The van der Waals surface area contributed by atoms with Gasteiger partial charge in [0.25, 0.3) is 0 Å². The second-order valence-corrected chi connectivity index (χ2v) is 9.62. The van der Waals surface area contributed by atoms with Crippen molar-refractivity contribution in [2.75, 3.05) is 17.7 Å². The number of carboxylic acids is 1. The summed E-state index contributed by atoms with van der Waals surface area (Å²) in [4.78, 5) is 24.7. The number of aromatic carboxylic acids is 1. The van der Waals surface area contributed by atoms with Gasteiger partial charge in [0.1, 0.15) is 17.1 Å². The molecule has 4 aromatic carbocycles. The van der Waals surface area contributed by atoms with Crippen LogP contribution < -0.4 is 20.1 Å². The minimum Gasteiger partial charge on any atom is -0.496 e. The van der Waals surface area contributed by atoms with E-state index >= 15 is 0 Å². The predicted octanol–water partition coefficient (Wildman–Crippen LogP) is 7.68. The lowest BCUT2D eigenvalue weighted by Gasteiger charge is -2.18. The quantitative estimate of drug-likeness (QED) is 0.231. The molecule has 0 spiro atoms. The highest BCUT2D eigenvalue weighted by molar-refractivity contribution is 6.01. The Kier molecular flexibility index (Phi) is 7.50. The molecule has 3 N–H and O–H groups in total. The van der Waals surface area contributed by atoms with E-state index in [1.807, 2.05) is 43.3 Å². The molecule has 0 heterocycles. The maximum atomic E-state index is 13.0. The summed E-state index contributed by atoms with van der Waals surface area (Å²) < 4.78 is 11.5. The maximum Gasteiger partial charge on any atom is 0.339 e. The van der Waals surface area contributed by atoms with Gasteiger partial charge in [-0.2, -0.15) is 0 Å². The first-order chi connectivity index (χ1) is 18.9. The highest BCUT2D eigenvalue weighted by atomic mass is 16.5. The minimum atomic E-state index is -1.09. The Labute approximate surface area is 227 Å². The number of rotatable bonds is 7. The van der Waals surface area contributed by atoms with Gasteiger partial charge < -0.3 is 25.2 Å². The van der Waals surface area contributed by atoms with Crippen LogP contribution in [0.4, 0.5) is 16.2 Å². The Morgan fingerprint density at radius 2 is 1.46 bits per heavy atom. The van der Waals surface area contributed by atoms with E-state index in [4.69, 9.17) is 9.47 Å². The molecule has 0 saturated carbocycles. The number of hydrogen-bond acceptors (Lipinski definition) is 4. The topological polar surface area (TPSA) is 96.9 Å². The molecule has 0 aliphatic heterocycles. The molecule has 0 aromatic heterocycles. The first-order valence-corrected chi connectivity index (χ1v) is 12.9. The normalized spacial score (nSPS) is 12.3. The van der Waals surface area contributed by atoms with Gasteiger partial charge in [-0.25, -0.2) is 9.59 Å². The van der Waals surface area contributed by atoms with Gasteiger partial charge in [0.2, 0.25) is 0 Å². The lowest BCUT2D eigenvalue weighted by atomic mass is 9.92. The van der Waals surface area contributed by atoms with Crippen molar-refractivity contribution < 1.29 is 24.2 Å². The van der Waals surface area contributed by atoms with Crippen molar-refractivity contribution in [3.05, 3.63) is 101 Å². The van der Waals surface area contributed by atoms with Crippen LogP contribution >= 0.6 is 0 Å². The second kappa shape index (κ2) is 11.3. The van der Waals surface area contributed by atoms with Crippen LogP contribution in [0.3, 0.4) is 0 Å². The van der Waals surface area contributed by atoms with Crippen LogP contribution in [0.1, 0.15) is 39.9 Å². The van der Waals surface area contributed by atoms with E-state index in [1.54, 1.807) is 30.3 Å². The Morgan fingerprint density at radius 1 is 0.769 bits per heavy atom. The zero-order chi connectivity index (χ0) is 27.4. The van der Waals surface area contributed by atoms with Crippen molar-refractivity contribution >= 4 is 23.4 Å². The lowest BCUT2D eigenvalue weighted by molar-refractivity contribution is 0.0693. The Morgan fingerprint density at radius 3 is 2.18 bits per heavy atom. The number of carboxylic acid groups (broad SMARTS) is 1. The molecule has 2 amide bonds. The number of ether oxygens (including phenoxy) is 2. The number of carbonyl (C=O) groups excluding carboxylic acids is 1. The molecule has 1 aliphatic rings. The third-order valence-electron chi connectivity index (χ3n) is 6.85. The summed E-state index contributed by atoms with van der Waals surface area (Å²) in [5.41, 5.74) is 6.27. The van der Waals surface area contributed by atoms with E-state index in [-0.39, 0.29) is 11.3 Å². The highest BCUT2D eigenvalue weighted by Crippen LogP contribution is 2.36. The standard InChI is InChI=1S/C32H30N2O5/c1-20-7-12-25(13-8-20)33-32(37)34-28-19-24(23-10-15-29(38-2)27(18-23)31(35)36)11-16-30(28)39-26-14-9-21-5-3-4-6-22(21)17-26/h7-19H,3-6H2,1-2H3,(H,35,36)(H2,33,34,37). The van der Waals surface area contributed by atoms with Crippen molar-refractivity contribution in [3.8, 4) is 28.4 Å². The van der Waals surface area contributed by atoms with Gasteiger partial charge in [0.15, 0.2) is 5.75 Å². The number of methoxy groups -OCH3 is 1. The first kappa shape index (κ1) is 25.9. The highest BCUT2D eigenvalue weighted by Gasteiger charge is 2.16. The monoisotopic (exact) mass is 522 g/mol. The molecule has 0 fully saturated rings. The Balaban J connectivity index is 1.48. The lowest BCUT2D eigenvalue weighted by Crippen LogP contribution is -2.19. The Bertz CT molecular complexity index is 1530. The van der Waals surface area contributed by atoms with Crippen LogP contribution in [0.5, 0.6) is 17.2 Å². The number of benzene rings is 4. The molecule has 198 valence electrons. The molecule has 4 aromatic rings. The van der Waals surface area contributed by atoms with Gasteiger partial charge in [0.05, 0.1) is 12.8 Å². The number of amides is 2. The van der Waals surface area contributed by atoms with Crippen molar-refractivity contribution in [2.24, 2.45) is 0 Å². The third-order valence-corrected chi connectivity index (χ3v) is 6.85. The van der Waals surface area contributed by atoms with Gasteiger partial charge in [-0.05, 0) is 103 Å². The van der Waals surface area contributed by atoms with Crippen LogP contribution in [-0.2, 0) is 12.8 Å². The number of nitrogens with one attached hydrogen (secondary N) is 2. The summed E-state index contributed by atoms with van der Waals surface area (Å²) in [6.45, 7) is 1.98. The van der Waals surface area contributed by atoms with Crippen LogP contribution in [0.15, 0.2) is 78.9 Å². The van der Waals surface area contributed by atoms with E-state index < -0.39 is 12.0 Å². The fraction of sp³-hybridized carbons (Fsp3) is 0.188. The summed E-state index contributed by atoms with van der Waals surface area (Å²) in [5.74, 6) is 0.356. The summed E-state index contributed by atoms with van der Waals surface area (Å²) in [6, 6.07) is 23.6. The number of carbonyl (C=O) groups is 2. The molecule has 1 aliphatic carbocycles. The first-order valence-electron chi connectivity index (χ1n) is 12.9. The molecule has 0 atom stereocenters. The zero-order valence-corrected chi connectivity index (χ0v) is 21.9. The molecule has 0 saturated heterocycles.